The average Bonchev–Trinajstić information content (AvgIpc) is 3.43. The lowest BCUT2D eigenvalue weighted by Gasteiger charge is -2.33. The Labute approximate surface area is 185 Å². The Hall–Kier alpha value is -2.94. The molecule has 1 aromatic carbocycles. The molecule has 0 saturated carbocycles. The molecule has 3 heterocycles. The first-order chi connectivity index (χ1) is 14.9. The van der Waals surface area contributed by atoms with Crippen LogP contribution in [0.15, 0.2) is 35.0 Å². The Morgan fingerprint density at radius 1 is 1.26 bits per heavy atom. The van der Waals surface area contributed by atoms with Gasteiger partial charge in [0.1, 0.15) is 5.75 Å². The molecule has 1 aliphatic heterocycles. The number of likely N-dealkylation sites (tertiary alicyclic amines) is 1. The molecule has 10 heteroatoms. The summed E-state index contributed by atoms with van der Waals surface area (Å²) in [5, 5.41) is 13.0. The van der Waals surface area contributed by atoms with E-state index in [9.17, 15) is 4.79 Å². The van der Waals surface area contributed by atoms with Crippen LogP contribution in [0.5, 0.6) is 5.75 Å². The lowest BCUT2D eigenvalue weighted by Crippen LogP contribution is -2.45. The summed E-state index contributed by atoms with van der Waals surface area (Å²) in [4.78, 5) is 19.0. The number of benzene rings is 1. The third-order valence-corrected chi connectivity index (χ3v) is 5.53. The highest BCUT2D eigenvalue weighted by Gasteiger charge is 2.28. The van der Waals surface area contributed by atoms with Crippen molar-refractivity contribution in [2.75, 3.05) is 13.1 Å². The molecule has 164 valence electrons. The number of rotatable bonds is 6. The van der Waals surface area contributed by atoms with Crippen LogP contribution in [-0.2, 0) is 4.79 Å². The van der Waals surface area contributed by atoms with Gasteiger partial charge in [-0.15, -0.1) is 5.10 Å². The molecule has 1 aliphatic rings. The Balaban J connectivity index is 1.33. The summed E-state index contributed by atoms with van der Waals surface area (Å²) < 4.78 is 12.9. The molecular weight excluding hydrogens is 420 g/mol. The van der Waals surface area contributed by atoms with Crippen molar-refractivity contribution in [3.8, 4) is 17.3 Å². The van der Waals surface area contributed by atoms with Crippen molar-refractivity contribution in [1.29, 1.82) is 0 Å². The first-order valence-electron chi connectivity index (χ1n) is 10.4. The van der Waals surface area contributed by atoms with Crippen LogP contribution in [0.1, 0.15) is 51.4 Å². The first kappa shape index (κ1) is 21.3. The van der Waals surface area contributed by atoms with Gasteiger partial charge in [-0.05, 0) is 38.0 Å². The van der Waals surface area contributed by atoms with Gasteiger partial charge in [-0.3, -0.25) is 4.79 Å². The van der Waals surface area contributed by atoms with Crippen LogP contribution in [0.25, 0.3) is 11.6 Å². The number of nitrogens with zero attached hydrogens (tertiary/aromatic N) is 6. The van der Waals surface area contributed by atoms with E-state index in [-0.39, 0.29) is 17.9 Å². The minimum absolute atomic E-state index is 0.0372. The molecule has 4 rings (SSSR count). The number of piperidine rings is 1. The highest BCUT2D eigenvalue weighted by molar-refractivity contribution is 6.30. The Kier molecular flexibility index (Phi) is 6.22. The van der Waals surface area contributed by atoms with Gasteiger partial charge in [-0.2, -0.15) is 4.98 Å². The number of amides is 1. The average molecular weight is 445 g/mol. The third kappa shape index (κ3) is 4.87. The van der Waals surface area contributed by atoms with E-state index < -0.39 is 6.10 Å². The fraction of sp³-hybridized carbons (Fsp3) is 0.476. The zero-order valence-electron chi connectivity index (χ0n) is 17.7. The molecule has 3 aromatic rings. The van der Waals surface area contributed by atoms with Crippen molar-refractivity contribution in [3.05, 3.63) is 41.3 Å². The fourth-order valence-electron chi connectivity index (χ4n) is 3.53. The maximum absolute atomic E-state index is 12.8. The molecule has 0 N–H and O–H groups in total. The van der Waals surface area contributed by atoms with Crippen LogP contribution in [0.2, 0.25) is 5.02 Å². The number of ether oxygens (including phenoxy) is 1. The summed E-state index contributed by atoms with van der Waals surface area (Å²) in [5.41, 5.74) is 0.557. The Bertz CT molecular complexity index is 1040. The van der Waals surface area contributed by atoms with Crippen molar-refractivity contribution in [3.63, 3.8) is 0 Å². The molecular formula is C21H25ClN6O3. The molecule has 0 aliphatic carbocycles. The third-order valence-electron chi connectivity index (χ3n) is 5.29. The van der Waals surface area contributed by atoms with Gasteiger partial charge in [0.2, 0.25) is 0 Å². The Morgan fingerprint density at radius 2 is 2.03 bits per heavy atom. The minimum Gasteiger partial charge on any atom is -0.481 e. The van der Waals surface area contributed by atoms with Gasteiger partial charge in [-0.1, -0.05) is 41.9 Å². The largest absolute Gasteiger partial charge is 0.481 e. The summed E-state index contributed by atoms with van der Waals surface area (Å²) in [5.74, 6) is 1.74. The molecule has 31 heavy (non-hydrogen) atoms. The Morgan fingerprint density at radius 3 is 2.71 bits per heavy atom. The second kappa shape index (κ2) is 9.05. The zero-order valence-corrected chi connectivity index (χ0v) is 18.5. The van der Waals surface area contributed by atoms with Crippen LogP contribution in [-0.4, -0.2) is 55.1 Å². The molecule has 9 nitrogen and oxygen atoms in total. The molecule has 1 amide bonds. The molecule has 1 atom stereocenters. The van der Waals surface area contributed by atoms with Crippen molar-refractivity contribution >= 4 is 17.5 Å². The second-order valence-corrected chi connectivity index (χ2v) is 8.41. The van der Waals surface area contributed by atoms with E-state index in [0.717, 1.165) is 12.8 Å². The van der Waals surface area contributed by atoms with Gasteiger partial charge < -0.3 is 14.2 Å². The normalized spacial score (nSPS) is 16.0. The quantitative estimate of drug-likeness (QED) is 0.571. The summed E-state index contributed by atoms with van der Waals surface area (Å²) in [6.07, 6.45) is 2.80. The maximum atomic E-state index is 12.8. The number of hydrogen-bond acceptors (Lipinski definition) is 7. The van der Waals surface area contributed by atoms with Gasteiger partial charge in [0.05, 0.1) is 12.2 Å². The van der Waals surface area contributed by atoms with Crippen molar-refractivity contribution in [2.24, 2.45) is 0 Å². The van der Waals surface area contributed by atoms with Gasteiger partial charge in [0, 0.05) is 24.0 Å². The van der Waals surface area contributed by atoms with E-state index in [4.69, 9.17) is 20.9 Å². The molecule has 2 aromatic heterocycles. The van der Waals surface area contributed by atoms with Gasteiger partial charge in [0.25, 0.3) is 11.8 Å². The van der Waals surface area contributed by atoms with E-state index in [1.54, 1.807) is 31.2 Å². The van der Waals surface area contributed by atoms with E-state index in [1.807, 2.05) is 29.6 Å². The lowest BCUT2D eigenvalue weighted by atomic mass is 10.0. The van der Waals surface area contributed by atoms with Crippen molar-refractivity contribution in [1.82, 2.24) is 30.0 Å². The summed E-state index contributed by atoms with van der Waals surface area (Å²) >= 11 is 5.98. The highest BCUT2D eigenvalue weighted by atomic mass is 35.5. The highest BCUT2D eigenvalue weighted by Crippen LogP contribution is 2.25. The SMILES string of the molecule is CC(C)c1noc(-c2cn(C3CCN(C(=O)[C@@H](C)Oc4cccc(Cl)c4)CC3)nn2)n1. The first-order valence-corrected chi connectivity index (χ1v) is 10.8. The summed E-state index contributed by atoms with van der Waals surface area (Å²) in [7, 11) is 0. The standard InChI is InChI=1S/C21H25ClN6O3/c1-13(2)19-23-20(31-25-19)18-12-28(26-24-18)16-7-9-27(10-8-16)21(29)14(3)30-17-6-4-5-15(22)11-17/h4-6,11-14,16H,7-10H2,1-3H3/t14-/m1/s1. The molecule has 0 radical (unpaired) electrons. The van der Waals surface area contributed by atoms with Crippen molar-refractivity contribution < 1.29 is 14.1 Å². The van der Waals surface area contributed by atoms with E-state index in [0.29, 0.717) is 41.3 Å². The van der Waals surface area contributed by atoms with Gasteiger partial charge in [-0.25, -0.2) is 4.68 Å². The van der Waals surface area contributed by atoms with Crippen LogP contribution in [0, 0.1) is 0 Å². The van der Waals surface area contributed by atoms with E-state index >= 15 is 0 Å². The van der Waals surface area contributed by atoms with Gasteiger partial charge >= 0.3 is 0 Å². The monoisotopic (exact) mass is 444 g/mol. The molecule has 1 fully saturated rings. The topological polar surface area (TPSA) is 99.2 Å². The summed E-state index contributed by atoms with van der Waals surface area (Å²) in [6.45, 7) is 7.01. The van der Waals surface area contributed by atoms with E-state index in [1.165, 1.54) is 0 Å². The predicted molar refractivity (Wildman–Crippen MR) is 114 cm³/mol. The molecule has 0 unspecified atom stereocenters. The van der Waals surface area contributed by atoms with E-state index in [2.05, 4.69) is 20.5 Å². The second-order valence-electron chi connectivity index (χ2n) is 7.97. The summed E-state index contributed by atoms with van der Waals surface area (Å²) in [6, 6.07) is 7.21. The number of aromatic nitrogens is 5. The van der Waals surface area contributed by atoms with Crippen molar-refractivity contribution in [2.45, 2.75) is 51.7 Å². The zero-order chi connectivity index (χ0) is 22.0. The number of hydrogen-bond donors (Lipinski definition) is 0. The van der Waals surface area contributed by atoms with Gasteiger partial charge in [0.15, 0.2) is 17.6 Å². The number of carbonyl (C=O) groups excluding carboxylic acids is 1. The molecule has 1 saturated heterocycles. The van der Waals surface area contributed by atoms with Crippen LogP contribution in [0.4, 0.5) is 0 Å². The van der Waals surface area contributed by atoms with Crippen LogP contribution >= 0.6 is 11.6 Å². The number of halogens is 1. The molecule has 0 bridgehead atoms. The maximum Gasteiger partial charge on any atom is 0.280 e. The predicted octanol–water partition coefficient (Wildman–Crippen LogP) is 3.74. The smallest absolute Gasteiger partial charge is 0.280 e. The number of carbonyl (C=O) groups is 1. The van der Waals surface area contributed by atoms with Crippen LogP contribution in [0.3, 0.4) is 0 Å². The molecule has 0 spiro atoms. The van der Waals surface area contributed by atoms with Crippen LogP contribution < -0.4 is 4.74 Å². The lowest BCUT2D eigenvalue weighted by molar-refractivity contribution is -0.139. The fourth-order valence-corrected chi connectivity index (χ4v) is 3.71. The minimum atomic E-state index is -0.583.